The summed E-state index contributed by atoms with van der Waals surface area (Å²) in [6.07, 6.45) is 5.23. The van der Waals surface area contributed by atoms with E-state index < -0.39 is 0 Å². The number of nitrogens with one attached hydrogen (secondary N) is 1. The number of ether oxygens (including phenoxy) is 1. The zero-order chi connectivity index (χ0) is 14.9. The summed E-state index contributed by atoms with van der Waals surface area (Å²) in [7, 11) is 0. The minimum Gasteiger partial charge on any atom is -0.490 e. The second-order valence-electron chi connectivity index (χ2n) is 6.82. The molecule has 3 rings (SSSR count). The van der Waals surface area contributed by atoms with Gasteiger partial charge in [-0.3, -0.25) is 5.32 Å². The molecule has 0 aliphatic heterocycles. The molecule has 1 N–H and O–H groups in total. The molecule has 2 fully saturated rings. The maximum Gasteiger partial charge on any atom is 0.119 e. The summed E-state index contributed by atoms with van der Waals surface area (Å²) < 4.78 is 6.08. The van der Waals surface area contributed by atoms with Crippen LogP contribution >= 0.6 is 0 Å². The highest BCUT2D eigenvalue weighted by Gasteiger charge is 2.43. The van der Waals surface area contributed by atoms with Crippen molar-refractivity contribution in [1.29, 1.82) is 5.26 Å². The minimum atomic E-state index is -0.357. The van der Waals surface area contributed by atoms with E-state index in [0.29, 0.717) is 12.0 Å². The van der Waals surface area contributed by atoms with Crippen molar-refractivity contribution in [3.8, 4) is 11.8 Å². The molecule has 2 atom stereocenters. The van der Waals surface area contributed by atoms with Crippen molar-refractivity contribution in [2.75, 3.05) is 0 Å². The molecule has 2 aliphatic rings. The van der Waals surface area contributed by atoms with E-state index in [-0.39, 0.29) is 11.6 Å². The molecule has 1 aromatic carbocycles. The van der Waals surface area contributed by atoms with Gasteiger partial charge in [0, 0.05) is 12.5 Å². The van der Waals surface area contributed by atoms with Gasteiger partial charge in [0.15, 0.2) is 0 Å². The number of hydrogen-bond acceptors (Lipinski definition) is 3. The molecule has 0 bridgehead atoms. The molecule has 3 nitrogen and oxygen atoms in total. The summed E-state index contributed by atoms with van der Waals surface area (Å²) in [6, 6.07) is 11.4. The van der Waals surface area contributed by atoms with E-state index in [1.807, 2.05) is 0 Å². The third-order valence-electron chi connectivity index (χ3n) is 4.59. The summed E-state index contributed by atoms with van der Waals surface area (Å²) in [5.41, 5.74) is 0.972. The first-order chi connectivity index (χ1) is 10.1. The molecule has 0 heterocycles. The number of benzene rings is 1. The van der Waals surface area contributed by atoms with Crippen LogP contribution in [-0.4, -0.2) is 17.7 Å². The summed E-state index contributed by atoms with van der Waals surface area (Å²) >= 11 is 0. The van der Waals surface area contributed by atoms with Crippen molar-refractivity contribution < 1.29 is 4.74 Å². The summed E-state index contributed by atoms with van der Waals surface area (Å²) in [5.74, 6) is 1.46. The molecule has 2 aliphatic carbocycles. The Morgan fingerprint density at radius 1 is 1.24 bits per heavy atom. The van der Waals surface area contributed by atoms with Crippen LogP contribution in [-0.2, 0) is 0 Å². The van der Waals surface area contributed by atoms with Gasteiger partial charge in [-0.05, 0) is 49.3 Å². The number of nitriles is 1. The van der Waals surface area contributed by atoms with Gasteiger partial charge in [-0.1, -0.05) is 26.0 Å². The monoisotopic (exact) mass is 284 g/mol. The second-order valence-corrected chi connectivity index (χ2v) is 6.82. The van der Waals surface area contributed by atoms with Crippen LogP contribution in [0, 0.1) is 11.3 Å². The number of nitrogens with zero attached hydrogens (tertiary/aromatic N) is 1. The van der Waals surface area contributed by atoms with Crippen LogP contribution in [0.2, 0.25) is 0 Å². The van der Waals surface area contributed by atoms with Crippen LogP contribution in [0.5, 0.6) is 5.75 Å². The van der Waals surface area contributed by atoms with Gasteiger partial charge >= 0.3 is 0 Å². The first-order valence-corrected chi connectivity index (χ1v) is 8.06. The second kappa shape index (κ2) is 5.69. The smallest absolute Gasteiger partial charge is 0.119 e. The lowest BCUT2D eigenvalue weighted by Gasteiger charge is -2.22. The topological polar surface area (TPSA) is 45.0 Å². The summed E-state index contributed by atoms with van der Waals surface area (Å²) in [4.78, 5) is 0. The van der Waals surface area contributed by atoms with E-state index in [0.717, 1.165) is 25.0 Å². The van der Waals surface area contributed by atoms with E-state index in [1.54, 1.807) is 0 Å². The highest BCUT2D eigenvalue weighted by Crippen LogP contribution is 2.35. The predicted octanol–water partition coefficient (Wildman–Crippen LogP) is 3.76. The first-order valence-electron chi connectivity index (χ1n) is 8.06. The van der Waals surface area contributed by atoms with Gasteiger partial charge in [0.25, 0.3) is 0 Å². The molecule has 1 aromatic rings. The molecule has 21 heavy (non-hydrogen) atoms. The van der Waals surface area contributed by atoms with E-state index in [9.17, 15) is 5.26 Å². The van der Waals surface area contributed by atoms with Gasteiger partial charge < -0.3 is 4.74 Å². The maximum atomic E-state index is 9.51. The van der Waals surface area contributed by atoms with Gasteiger partial charge in [0.05, 0.1) is 6.07 Å². The van der Waals surface area contributed by atoms with Crippen LogP contribution in [0.4, 0.5) is 0 Å². The molecule has 0 spiro atoms. The van der Waals surface area contributed by atoms with E-state index in [4.69, 9.17) is 4.74 Å². The summed E-state index contributed by atoms with van der Waals surface area (Å²) in [6.45, 7) is 4.38. The van der Waals surface area contributed by atoms with Crippen LogP contribution < -0.4 is 10.1 Å². The fourth-order valence-electron chi connectivity index (χ4n) is 3.11. The van der Waals surface area contributed by atoms with Crippen LogP contribution in [0.3, 0.4) is 0 Å². The van der Waals surface area contributed by atoms with Crippen molar-refractivity contribution in [3.05, 3.63) is 29.8 Å². The Balaban J connectivity index is 1.60. The lowest BCUT2D eigenvalue weighted by molar-refractivity contribution is 0.200. The van der Waals surface area contributed by atoms with Crippen LogP contribution in [0.1, 0.15) is 57.4 Å². The molecule has 2 unspecified atom stereocenters. The SMILES string of the molecule is CC(C)c1ccc(OC2CCC(C#N)(NC3CC3)C2)cc1. The maximum absolute atomic E-state index is 9.51. The standard InChI is InChI=1S/C18H24N2O/c1-13(2)14-3-7-16(8-4-14)21-17-9-10-18(11-17,12-19)20-15-5-6-15/h3-4,7-8,13,15,17,20H,5-6,9-11H2,1-2H3. The van der Waals surface area contributed by atoms with Gasteiger partial charge in [0.1, 0.15) is 17.4 Å². The number of hydrogen-bond donors (Lipinski definition) is 1. The van der Waals surface area contributed by atoms with Gasteiger partial charge in [-0.15, -0.1) is 0 Å². The third-order valence-corrected chi connectivity index (χ3v) is 4.59. The van der Waals surface area contributed by atoms with Crippen LogP contribution in [0.15, 0.2) is 24.3 Å². The molecule has 3 heteroatoms. The Labute approximate surface area is 127 Å². The van der Waals surface area contributed by atoms with Crippen molar-refractivity contribution in [2.24, 2.45) is 0 Å². The molecule has 0 aromatic heterocycles. The van der Waals surface area contributed by atoms with Crippen molar-refractivity contribution >= 4 is 0 Å². The Kier molecular flexibility index (Phi) is 3.91. The Morgan fingerprint density at radius 2 is 1.95 bits per heavy atom. The average Bonchev–Trinajstić information content (AvgIpc) is 3.20. The molecule has 112 valence electrons. The average molecular weight is 284 g/mol. The molecular formula is C18H24N2O. The lowest BCUT2D eigenvalue weighted by Crippen LogP contribution is -2.43. The zero-order valence-electron chi connectivity index (χ0n) is 12.9. The summed E-state index contributed by atoms with van der Waals surface area (Å²) in [5, 5.41) is 13.0. The first kappa shape index (κ1) is 14.4. The van der Waals surface area contributed by atoms with Crippen molar-refractivity contribution in [2.45, 2.75) is 69.6 Å². The zero-order valence-corrected chi connectivity index (χ0v) is 12.9. The fourth-order valence-corrected chi connectivity index (χ4v) is 3.11. The molecule has 0 radical (unpaired) electrons. The van der Waals surface area contributed by atoms with Crippen molar-refractivity contribution in [1.82, 2.24) is 5.32 Å². The predicted molar refractivity (Wildman–Crippen MR) is 83.3 cm³/mol. The Morgan fingerprint density at radius 3 is 2.52 bits per heavy atom. The highest BCUT2D eigenvalue weighted by atomic mass is 16.5. The lowest BCUT2D eigenvalue weighted by atomic mass is 9.99. The molecule has 2 saturated carbocycles. The largest absolute Gasteiger partial charge is 0.490 e. The quantitative estimate of drug-likeness (QED) is 0.895. The van der Waals surface area contributed by atoms with Gasteiger partial charge in [-0.25, -0.2) is 0 Å². The van der Waals surface area contributed by atoms with E-state index in [2.05, 4.69) is 49.5 Å². The minimum absolute atomic E-state index is 0.154. The van der Waals surface area contributed by atoms with Gasteiger partial charge in [-0.2, -0.15) is 5.26 Å². The molecular weight excluding hydrogens is 260 g/mol. The highest BCUT2D eigenvalue weighted by molar-refractivity contribution is 5.29. The molecule has 0 amide bonds. The van der Waals surface area contributed by atoms with Gasteiger partial charge in [0.2, 0.25) is 0 Å². The van der Waals surface area contributed by atoms with E-state index in [1.165, 1.54) is 18.4 Å². The number of rotatable bonds is 5. The van der Waals surface area contributed by atoms with Crippen LogP contribution in [0.25, 0.3) is 0 Å². The van der Waals surface area contributed by atoms with E-state index >= 15 is 0 Å². The molecule has 0 saturated heterocycles. The third kappa shape index (κ3) is 3.39. The Hall–Kier alpha value is -1.53. The normalized spacial score (nSPS) is 28.6. The fraction of sp³-hybridized carbons (Fsp3) is 0.611. The van der Waals surface area contributed by atoms with Crippen molar-refractivity contribution in [3.63, 3.8) is 0 Å². The Bertz CT molecular complexity index is 527.